The van der Waals surface area contributed by atoms with E-state index in [1.54, 1.807) is 4.90 Å². The van der Waals surface area contributed by atoms with Gasteiger partial charge in [0.15, 0.2) is 0 Å². The molecular weight excluding hydrogens is 328 g/mol. The minimum absolute atomic E-state index is 0.111. The molecule has 1 heterocycles. The minimum atomic E-state index is -0.623. The summed E-state index contributed by atoms with van der Waals surface area (Å²) < 4.78 is 5.79. The number of amides is 2. The van der Waals surface area contributed by atoms with Gasteiger partial charge < -0.3 is 15.0 Å². The van der Waals surface area contributed by atoms with Crippen LogP contribution in [0.1, 0.15) is 35.2 Å². The van der Waals surface area contributed by atoms with Crippen LogP contribution >= 0.6 is 0 Å². The molecule has 0 saturated carbocycles. The van der Waals surface area contributed by atoms with Crippen LogP contribution in [-0.4, -0.2) is 25.0 Å². The van der Waals surface area contributed by atoms with Crippen molar-refractivity contribution >= 4 is 17.5 Å². The lowest BCUT2D eigenvalue weighted by molar-refractivity contribution is -0.126. The summed E-state index contributed by atoms with van der Waals surface area (Å²) in [5, 5.41) is 2.79. The first-order valence-electron chi connectivity index (χ1n) is 8.76. The maximum Gasteiger partial charge on any atom is 0.254 e. The molecule has 0 aromatic heterocycles. The van der Waals surface area contributed by atoms with E-state index in [0.717, 1.165) is 28.1 Å². The standard InChI is InChI=1S/C21H24N2O3/c1-13-5-9-17(10-6-13)26-12-11-23-20-15(3)8-7-14(2)18(20)19(21(23)25)22-16(4)24/h5-10,19H,11-12H2,1-4H3,(H,22,24). The fraction of sp³-hybridized carbons (Fsp3) is 0.333. The second-order valence-corrected chi connectivity index (χ2v) is 6.75. The Balaban J connectivity index is 1.81. The molecule has 1 aliphatic heterocycles. The number of anilines is 1. The molecule has 0 saturated heterocycles. The lowest BCUT2D eigenvalue weighted by Gasteiger charge is -2.20. The molecule has 5 nitrogen and oxygen atoms in total. The van der Waals surface area contributed by atoms with Crippen molar-refractivity contribution < 1.29 is 14.3 Å². The van der Waals surface area contributed by atoms with Crippen LogP contribution < -0.4 is 15.0 Å². The van der Waals surface area contributed by atoms with E-state index in [2.05, 4.69) is 5.32 Å². The fourth-order valence-corrected chi connectivity index (χ4v) is 3.38. The second kappa shape index (κ2) is 7.20. The number of fused-ring (bicyclic) bond motifs is 1. The topological polar surface area (TPSA) is 58.6 Å². The minimum Gasteiger partial charge on any atom is -0.492 e. The van der Waals surface area contributed by atoms with Crippen molar-refractivity contribution in [3.8, 4) is 5.75 Å². The first-order valence-corrected chi connectivity index (χ1v) is 8.76. The van der Waals surface area contributed by atoms with Crippen molar-refractivity contribution in [2.75, 3.05) is 18.1 Å². The van der Waals surface area contributed by atoms with Crippen molar-refractivity contribution in [3.63, 3.8) is 0 Å². The zero-order valence-electron chi connectivity index (χ0n) is 15.6. The van der Waals surface area contributed by atoms with Crippen molar-refractivity contribution in [2.24, 2.45) is 0 Å². The third-order valence-electron chi connectivity index (χ3n) is 4.66. The van der Waals surface area contributed by atoms with E-state index in [0.29, 0.717) is 13.2 Å². The quantitative estimate of drug-likeness (QED) is 0.899. The molecule has 1 atom stereocenters. The average Bonchev–Trinajstić information content (AvgIpc) is 2.86. The molecule has 2 aromatic carbocycles. The molecule has 0 fully saturated rings. The number of hydrogen-bond acceptors (Lipinski definition) is 3. The van der Waals surface area contributed by atoms with E-state index in [4.69, 9.17) is 4.74 Å². The van der Waals surface area contributed by atoms with Crippen LogP contribution in [0.4, 0.5) is 5.69 Å². The summed E-state index contributed by atoms with van der Waals surface area (Å²) in [6.45, 7) is 8.22. The molecule has 5 heteroatoms. The molecule has 2 aromatic rings. The van der Waals surface area contributed by atoms with Crippen LogP contribution in [0.2, 0.25) is 0 Å². The molecule has 0 radical (unpaired) electrons. The number of ether oxygens (including phenoxy) is 1. The van der Waals surface area contributed by atoms with Crippen molar-refractivity contribution in [3.05, 3.63) is 58.7 Å². The Labute approximate surface area is 154 Å². The number of carbonyl (C=O) groups excluding carboxylic acids is 2. The van der Waals surface area contributed by atoms with Gasteiger partial charge in [-0.2, -0.15) is 0 Å². The summed E-state index contributed by atoms with van der Waals surface area (Å²) in [4.78, 5) is 26.3. The number of rotatable bonds is 5. The van der Waals surface area contributed by atoms with E-state index in [1.807, 2.05) is 57.2 Å². The molecule has 1 N–H and O–H groups in total. The van der Waals surface area contributed by atoms with E-state index < -0.39 is 6.04 Å². The number of benzene rings is 2. The Kier molecular flexibility index (Phi) is 4.98. The van der Waals surface area contributed by atoms with Gasteiger partial charge >= 0.3 is 0 Å². The van der Waals surface area contributed by atoms with Crippen LogP contribution in [0.5, 0.6) is 5.75 Å². The molecule has 0 spiro atoms. The summed E-state index contributed by atoms with van der Waals surface area (Å²) in [5.41, 5.74) is 4.97. The highest BCUT2D eigenvalue weighted by atomic mass is 16.5. The van der Waals surface area contributed by atoms with Gasteiger partial charge in [0.05, 0.1) is 12.2 Å². The predicted molar refractivity (Wildman–Crippen MR) is 102 cm³/mol. The van der Waals surface area contributed by atoms with Crippen molar-refractivity contribution in [2.45, 2.75) is 33.7 Å². The first kappa shape index (κ1) is 18.0. The lowest BCUT2D eigenvalue weighted by atomic mass is 9.99. The molecule has 26 heavy (non-hydrogen) atoms. The zero-order chi connectivity index (χ0) is 18.8. The highest BCUT2D eigenvalue weighted by Crippen LogP contribution is 2.40. The van der Waals surface area contributed by atoms with Crippen LogP contribution in [-0.2, 0) is 9.59 Å². The highest BCUT2D eigenvalue weighted by Gasteiger charge is 2.39. The summed E-state index contributed by atoms with van der Waals surface area (Å²) >= 11 is 0. The molecule has 2 amide bonds. The Morgan fingerprint density at radius 2 is 1.73 bits per heavy atom. The largest absolute Gasteiger partial charge is 0.492 e. The molecule has 136 valence electrons. The molecule has 1 aliphatic rings. The van der Waals surface area contributed by atoms with Gasteiger partial charge in [-0.25, -0.2) is 0 Å². The number of hydrogen-bond donors (Lipinski definition) is 1. The van der Waals surface area contributed by atoms with Gasteiger partial charge in [-0.1, -0.05) is 29.8 Å². The Hall–Kier alpha value is -2.82. The van der Waals surface area contributed by atoms with Crippen LogP contribution in [0.15, 0.2) is 36.4 Å². The first-order chi connectivity index (χ1) is 12.4. The Morgan fingerprint density at radius 3 is 2.38 bits per heavy atom. The average molecular weight is 352 g/mol. The normalized spacial score (nSPS) is 15.8. The second-order valence-electron chi connectivity index (χ2n) is 6.75. The fourth-order valence-electron chi connectivity index (χ4n) is 3.38. The number of carbonyl (C=O) groups is 2. The summed E-state index contributed by atoms with van der Waals surface area (Å²) in [6, 6.07) is 11.2. The summed E-state index contributed by atoms with van der Waals surface area (Å²) in [7, 11) is 0. The van der Waals surface area contributed by atoms with Gasteiger partial charge in [-0.15, -0.1) is 0 Å². The highest BCUT2D eigenvalue weighted by molar-refractivity contribution is 6.07. The smallest absolute Gasteiger partial charge is 0.254 e. The Bertz CT molecular complexity index is 843. The zero-order valence-corrected chi connectivity index (χ0v) is 15.6. The maximum absolute atomic E-state index is 12.9. The molecule has 1 unspecified atom stereocenters. The third-order valence-corrected chi connectivity index (χ3v) is 4.66. The maximum atomic E-state index is 12.9. The molecule has 0 bridgehead atoms. The number of nitrogens with zero attached hydrogens (tertiary/aromatic N) is 1. The third kappa shape index (κ3) is 3.43. The van der Waals surface area contributed by atoms with E-state index in [1.165, 1.54) is 12.5 Å². The molecular formula is C21H24N2O3. The number of nitrogens with one attached hydrogen (secondary N) is 1. The van der Waals surface area contributed by atoms with Crippen LogP contribution in [0, 0.1) is 20.8 Å². The van der Waals surface area contributed by atoms with Crippen molar-refractivity contribution in [1.82, 2.24) is 5.32 Å². The molecule has 3 rings (SSSR count). The van der Waals surface area contributed by atoms with Gasteiger partial charge in [0.1, 0.15) is 18.4 Å². The van der Waals surface area contributed by atoms with Crippen LogP contribution in [0.25, 0.3) is 0 Å². The van der Waals surface area contributed by atoms with E-state index in [-0.39, 0.29) is 11.8 Å². The van der Waals surface area contributed by atoms with Gasteiger partial charge in [-0.3, -0.25) is 9.59 Å². The van der Waals surface area contributed by atoms with Crippen LogP contribution in [0.3, 0.4) is 0 Å². The van der Waals surface area contributed by atoms with Gasteiger partial charge in [0.2, 0.25) is 5.91 Å². The summed E-state index contributed by atoms with van der Waals surface area (Å²) in [6.07, 6.45) is 0. The predicted octanol–water partition coefficient (Wildman–Crippen LogP) is 3.21. The van der Waals surface area contributed by atoms with Gasteiger partial charge in [0, 0.05) is 12.5 Å². The van der Waals surface area contributed by atoms with E-state index in [9.17, 15) is 9.59 Å². The number of aryl methyl sites for hydroxylation is 3. The summed E-state index contributed by atoms with van der Waals surface area (Å²) in [5.74, 6) is 0.454. The monoisotopic (exact) mass is 352 g/mol. The van der Waals surface area contributed by atoms with Gasteiger partial charge in [0.25, 0.3) is 5.91 Å². The van der Waals surface area contributed by atoms with Gasteiger partial charge in [-0.05, 0) is 44.0 Å². The molecule has 0 aliphatic carbocycles. The van der Waals surface area contributed by atoms with Crippen molar-refractivity contribution in [1.29, 1.82) is 0 Å². The van der Waals surface area contributed by atoms with E-state index >= 15 is 0 Å². The Morgan fingerprint density at radius 1 is 1.08 bits per heavy atom. The lowest BCUT2D eigenvalue weighted by Crippen LogP contribution is -2.38. The SMILES string of the molecule is CC(=O)NC1C(=O)N(CCOc2ccc(C)cc2)c2c(C)ccc(C)c21.